The zero-order valence-corrected chi connectivity index (χ0v) is 11.1. The number of anilines is 1. The Morgan fingerprint density at radius 1 is 1.16 bits per heavy atom. The summed E-state index contributed by atoms with van der Waals surface area (Å²) >= 11 is 0. The van der Waals surface area contributed by atoms with Crippen LogP contribution in [0.3, 0.4) is 0 Å². The second-order valence-corrected chi connectivity index (χ2v) is 4.75. The molecule has 1 aliphatic rings. The number of amides is 2. The lowest BCUT2D eigenvalue weighted by Gasteiger charge is -2.26. The molecule has 0 saturated carbocycles. The minimum atomic E-state index is -0.261. The molecule has 2 amide bonds. The molecular weight excluding hydrogens is 242 g/mol. The summed E-state index contributed by atoms with van der Waals surface area (Å²) in [6.45, 7) is 3.29. The van der Waals surface area contributed by atoms with Gasteiger partial charge in [-0.25, -0.2) is 9.80 Å². The maximum atomic E-state index is 11.8. The first-order valence-corrected chi connectivity index (χ1v) is 6.59. The van der Waals surface area contributed by atoms with Crippen molar-refractivity contribution in [3.8, 4) is 0 Å². The Morgan fingerprint density at radius 2 is 1.89 bits per heavy atom. The highest BCUT2D eigenvalue weighted by atomic mass is 16.2. The number of hydrogen-bond acceptors (Lipinski definition) is 3. The zero-order chi connectivity index (χ0) is 13.7. The van der Waals surface area contributed by atoms with E-state index >= 15 is 0 Å². The van der Waals surface area contributed by atoms with E-state index in [1.54, 1.807) is 24.3 Å². The lowest BCUT2D eigenvalue weighted by molar-refractivity contribution is 0.101. The van der Waals surface area contributed by atoms with Crippen LogP contribution >= 0.6 is 0 Å². The van der Waals surface area contributed by atoms with Gasteiger partial charge in [0, 0.05) is 24.3 Å². The van der Waals surface area contributed by atoms with E-state index in [1.165, 1.54) is 13.3 Å². The SMILES string of the molecule is CC(=O)c1cccc(NC(=O)NN2CCCCC2)c1. The van der Waals surface area contributed by atoms with E-state index in [-0.39, 0.29) is 11.8 Å². The first kappa shape index (κ1) is 13.5. The van der Waals surface area contributed by atoms with Gasteiger partial charge in [0.25, 0.3) is 0 Å². The number of ketones is 1. The van der Waals surface area contributed by atoms with Crippen molar-refractivity contribution in [1.29, 1.82) is 0 Å². The van der Waals surface area contributed by atoms with Crippen molar-refractivity contribution in [2.45, 2.75) is 26.2 Å². The van der Waals surface area contributed by atoms with Gasteiger partial charge in [0.05, 0.1) is 0 Å². The van der Waals surface area contributed by atoms with E-state index in [0.717, 1.165) is 25.9 Å². The number of carbonyl (C=O) groups is 2. The Bertz CT molecular complexity index is 468. The Labute approximate surface area is 112 Å². The number of Topliss-reactive ketones (excluding diaryl/α,β-unsaturated/α-hetero) is 1. The van der Waals surface area contributed by atoms with Crippen LogP contribution in [-0.4, -0.2) is 29.9 Å². The van der Waals surface area contributed by atoms with E-state index < -0.39 is 0 Å². The molecule has 5 nitrogen and oxygen atoms in total. The molecule has 1 heterocycles. The van der Waals surface area contributed by atoms with Gasteiger partial charge >= 0.3 is 6.03 Å². The normalized spacial score (nSPS) is 15.8. The largest absolute Gasteiger partial charge is 0.333 e. The average Bonchev–Trinajstić information content (AvgIpc) is 2.40. The maximum absolute atomic E-state index is 11.8. The lowest BCUT2D eigenvalue weighted by Crippen LogP contribution is -2.46. The highest BCUT2D eigenvalue weighted by Gasteiger charge is 2.12. The standard InChI is InChI=1S/C14H19N3O2/c1-11(18)12-6-5-7-13(10-12)15-14(19)16-17-8-3-2-4-9-17/h5-7,10H,2-4,8-9H2,1H3,(H2,15,16,19). The maximum Gasteiger partial charge on any atom is 0.333 e. The predicted octanol–water partition coefficient (Wildman–Crippen LogP) is 2.41. The van der Waals surface area contributed by atoms with Gasteiger partial charge in [0.1, 0.15) is 0 Å². The number of nitrogens with one attached hydrogen (secondary N) is 2. The number of urea groups is 1. The molecular formula is C14H19N3O2. The van der Waals surface area contributed by atoms with Gasteiger partial charge in [0.15, 0.2) is 5.78 Å². The number of rotatable bonds is 3. The summed E-state index contributed by atoms with van der Waals surface area (Å²) < 4.78 is 0. The van der Waals surface area contributed by atoms with Crippen molar-refractivity contribution in [2.75, 3.05) is 18.4 Å². The van der Waals surface area contributed by atoms with Crippen LogP contribution in [0.2, 0.25) is 0 Å². The summed E-state index contributed by atoms with van der Waals surface area (Å²) in [6.07, 6.45) is 3.45. The van der Waals surface area contributed by atoms with Crippen molar-refractivity contribution < 1.29 is 9.59 Å². The smallest absolute Gasteiger partial charge is 0.307 e. The van der Waals surface area contributed by atoms with Crippen LogP contribution in [0.1, 0.15) is 36.5 Å². The third-order valence-corrected chi connectivity index (χ3v) is 3.14. The van der Waals surface area contributed by atoms with Crippen molar-refractivity contribution >= 4 is 17.5 Å². The highest BCUT2D eigenvalue weighted by molar-refractivity contribution is 5.96. The molecule has 2 rings (SSSR count). The Kier molecular flexibility index (Phi) is 4.52. The predicted molar refractivity (Wildman–Crippen MR) is 74.0 cm³/mol. The fourth-order valence-corrected chi connectivity index (χ4v) is 2.12. The zero-order valence-electron chi connectivity index (χ0n) is 11.1. The number of piperidine rings is 1. The van der Waals surface area contributed by atoms with Crippen molar-refractivity contribution in [1.82, 2.24) is 10.4 Å². The lowest BCUT2D eigenvalue weighted by atomic mass is 10.1. The molecule has 2 N–H and O–H groups in total. The van der Waals surface area contributed by atoms with E-state index in [0.29, 0.717) is 11.3 Å². The monoisotopic (exact) mass is 261 g/mol. The molecule has 102 valence electrons. The van der Waals surface area contributed by atoms with Crippen molar-refractivity contribution in [2.24, 2.45) is 0 Å². The molecule has 0 aliphatic carbocycles. The van der Waals surface area contributed by atoms with Crippen LogP contribution in [0.5, 0.6) is 0 Å². The molecule has 19 heavy (non-hydrogen) atoms. The Morgan fingerprint density at radius 3 is 2.58 bits per heavy atom. The second-order valence-electron chi connectivity index (χ2n) is 4.75. The molecule has 0 aromatic heterocycles. The molecule has 0 spiro atoms. The summed E-state index contributed by atoms with van der Waals surface area (Å²) in [7, 11) is 0. The third-order valence-electron chi connectivity index (χ3n) is 3.14. The molecule has 1 aromatic carbocycles. The van der Waals surface area contributed by atoms with Gasteiger partial charge in [-0.1, -0.05) is 18.6 Å². The fourth-order valence-electron chi connectivity index (χ4n) is 2.12. The number of hydrazine groups is 1. The van der Waals surface area contributed by atoms with Gasteiger partial charge in [-0.15, -0.1) is 0 Å². The number of benzene rings is 1. The van der Waals surface area contributed by atoms with Crippen molar-refractivity contribution in [3.05, 3.63) is 29.8 Å². The van der Waals surface area contributed by atoms with Crippen LogP contribution in [0.25, 0.3) is 0 Å². The number of carbonyl (C=O) groups excluding carboxylic acids is 2. The summed E-state index contributed by atoms with van der Waals surface area (Å²) in [5, 5.41) is 4.66. The van der Waals surface area contributed by atoms with Crippen LogP contribution in [0.15, 0.2) is 24.3 Å². The third kappa shape index (κ3) is 4.06. The Hall–Kier alpha value is -1.88. The molecule has 1 saturated heterocycles. The quantitative estimate of drug-likeness (QED) is 0.821. The molecule has 1 aromatic rings. The summed E-state index contributed by atoms with van der Waals surface area (Å²) in [6, 6.07) is 6.67. The van der Waals surface area contributed by atoms with Crippen LogP contribution in [0.4, 0.5) is 10.5 Å². The number of hydrogen-bond donors (Lipinski definition) is 2. The minimum absolute atomic E-state index is 0.0138. The molecule has 1 aliphatic heterocycles. The van der Waals surface area contributed by atoms with Crippen LogP contribution < -0.4 is 10.7 Å². The van der Waals surface area contributed by atoms with E-state index in [9.17, 15) is 9.59 Å². The molecule has 0 bridgehead atoms. The van der Waals surface area contributed by atoms with Gasteiger partial charge in [-0.05, 0) is 31.9 Å². The molecule has 1 fully saturated rings. The Balaban J connectivity index is 1.90. The molecule has 0 atom stereocenters. The second kappa shape index (κ2) is 6.33. The van der Waals surface area contributed by atoms with Crippen molar-refractivity contribution in [3.63, 3.8) is 0 Å². The van der Waals surface area contributed by atoms with E-state index in [4.69, 9.17) is 0 Å². The minimum Gasteiger partial charge on any atom is -0.307 e. The van der Waals surface area contributed by atoms with Crippen LogP contribution in [0, 0.1) is 0 Å². The highest BCUT2D eigenvalue weighted by Crippen LogP contribution is 2.11. The van der Waals surface area contributed by atoms with Gasteiger partial charge in [-0.3, -0.25) is 10.2 Å². The van der Waals surface area contributed by atoms with Gasteiger partial charge in [0.2, 0.25) is 0 Å². The number of nitrogens with zero attached hydrogens (tertiary/aromatic N) is 1. The van der Waals surface area contributed by atoms with Crippen LogP contribution in [-0.2, 0) is 0 Å². The van der Waals surface area contributed by atoms with E-state index in [1.807, 2.05) is 5.01 Å². The van der Waals surface area contributed by atoms with E-state index in [2.05, 4.69) is 10.7 Å². The molecule has 0 unspecified atom stereocenters. The summed E-state index contributed by atoms with van der Waals surface area (Å²) in [4.78, 5) is 23.1. The molecule has 0 radical (unpaired) electrons. The van der Waals surface area contributed by atoms with Gasteiger partial charge < -0.3 is 5.32 Å². The first-order chi connectivity index (χ1) is 9.15. The first-order valence-electron chi connectivity index (χ1n) is 6.59. The van der Waals surface area contributed by atoms with Gasteiger partial charge in [-0.2, -0.15) is 0 Å². The topological polar surface area (TPSA) is 61.4 Å². The summed E-state index contributed by atoms with van der Waals surface area (Å²) in [5.74, 6) is -0.0138. The summed E-state index contributed by atoms with van der Waals surface area (Å²) in [5.41, 5.74) is 4.03. The average molecular weight is 261 g/mol. The molecule has 5 heteroatoms. The fraction of sp³-hybridized carbons (Fsp3) is 0.429.